The molecule has 5 heteroatoms. The van der Waals surface area contributed by atoms with Gasteiger partial charge in [0.15, 0.2) is 0 Å². The molecule has 1 aliphatic rings. The molecule has 4 nitrogen and oxygen atoms in total. The first kappa shape index (κ1) is 14.3. The van der Waals surface area contributed by atoms with Crippen LogP contribution < -0.4 is 5.32 Å². The number of ether oxygens (including phenoxy) is 1. The summed E-state index contributed by atoms with van der Waals surface area (Å²) in [5.41, 5.74) is 0.196. The van der Waals surface area contributed by atoms with Crippen LogP contribution in [0.15, 0.2) is 24.3 Å². The van der Waals surface area contributed by atoms with Gasteiger partial charge in [-0.3, -0.25) is 4.79 Å². The van der Waals surface area contributed by atoms with Crippen LogP contribution in [0.2, 0.25) is 5.02 Å². The van der Waals surface area contributed by atoms with Crippen molar-refractivity contribution in [3.8, 4) is 0 Å². The summed E-state index contributed by atoms with van der Waals surface area (Å²) in [6, 6.07) is 7.43. The first-order chi connectivity index (χ1) is 9.20. The van der Waals surface area contributed by atoms with E-state index in [9.17, 15) is 4.79 Å². The Balaban J connectivity index is 2.34. The van der Waals surface area contributed by atoms with Crippen LogP contribution in [-0.2, 0) is 14.9 Å². The topological polar surface area (TPSA) is 58.6 Å². The van der Waals surface area contributed by atoms with Crippen molar-refractivity contribution >= 4 is 17.5 Å². The fourth-order valence-corrected chi connectivity index (χ4v) is 2.84. The SMILES string of the molecule is O=C(NCCO)C1(c2ccccc2Cl)CCOCC1. The van der Waals surface area contributed by atoms with Gasteiger partial charge in [0.05, 0.1) is 12.0 Å². The number of aliphatic hydroxyl groups excluding tert-OH is 1. The third kappa shape index (κ3) is 2.91. The molecule has 0 atom stereocenters. The molecule has 1 amide bonds. The van der Waals surface area contributed by atoms with Crippen LogP contribution in [0.25, 0.3) is 0 Å². The zero-order valence-corrected chi connectivity index (χ0v) is 11.4. The summed E-state index contributed by atoms with van der Waals surface area (Å²) in [7, 11) is 0. The first-order valence-corrected chi connectivity index (χ1v) is 6.80. The van der Waals surface area contributed by atoms with E-state index < -0.39 is 5.41 Å². The number of aliphatic hydroxyl groups is 1. The van der Waals surface area contributed by atoms with Gasteiger partial charge in [-0.25, -0.2) is 0 Å². The molecule has 0 spiro atoms. The molecule has 104 valence electrons. The van der Waals surface area contributed by atoms with Crippen molar-refractivity contribution in [1.82, 2.24) is 5.32 Å². The Bertz CT molecular complexity index is 444. The number of carbonyl (C=O) groups excluding carboxylic acids is 1. The molecule has 0 aromatic heterocycles. The highest BCUT2D eigenvalue weighted by Crippen LogP contribution is 2.38. The number of amides is 1. The molecular weight excluding hydrogens is 266 g/mol. The van der Waals surface area contributed by atoms with E-state index >= 15 is 0 Å². The maximum absolute atomic E-state index is 12.5. The summed E-state index contributed by atoms with van der Waals surface area (Å²) in [6.45, 7) is 1.27. The van der Waals surface area contributed by atoms with Crippen molar-refractivity contribution in [2.75, 3.05) is 26.4 Å². The summed E-state index contributed by atoms with van der Waals surface area (Å²) < 4.78 is 5.37. The van der Waals surface area contributed by atoms with Gasteiger partial charge in [0.25, 0.3) is 0 Å². The summed E-state index contributed by atoms with van der Waals surface area (Å²) in [5, 5.41) is 12.2. The predicted molar refractivity (Wildman–Crippen MR) is 73.3 cm³/mol. The molecule has 1 heterocycles. The van der Waals surface area contributed by atoms with Crippen LogP contribution in [0.3, 0.4) is 0 Å². The summed E-state index contributed by atoms with van der Waals surface area (Å²) in [6.07, 6.45) is 1.21. The zero-order chi connectivity index (χ0) is 13.7. The average Bonchev–Trinajstić information content (AvgIpc) is 2.46. The second-order valence-corrected chi connectivity index (χ2v) is 5.06. The van der Waals surface area contributed by atoms with Crippen molar-refractivity contribution in [2.24, 2.45) is 0 Å². The lowest BCUT2D eigenvalue weighted by molar-refractivity contribution is -0.130. The van der Waals surface area contributed by atoms with Crippen LogP contribution in [0.4, 0.5) is 0 Å². The van der Waals surface area contributed by atoms with E-state index in [-0.39, 0.29) is 19.1 Å². The second-order valence-electron chi connectivity index (χ2n) is 4.65. The third-order valence-electron chi connectivity index (χ3n) is 3.57. The lowest BCUT2D eigenvalue weighted by Gasteiger charge is -2.36. The van der Waals surface area contributed by atoms with E-state index in [1.165, 1.54) is 0 Å². The van der Waals surface area contributed by atoms with Gasteiger partial charge in [0, 0.05) is 24.8 Å². The van der Waals surface area contributed by atoms with Gasteiger partial charge < -0.3 is 15.2 Å². The molecule has 1 saturated heterocycles. The molecule has 2 N–H and O–H groups in total. The van der Waals surface area contributed by atoms with Crippen LogP contribution in [0.5, 0.6) is 0 Å². The summed E-state index contributed by atoms with van der Waals surface area (Å²) in [5.74, 6) is -0.0852. The third-order valence-corrected chi connectivity index (χ3v) is 3.90. The normalized spacial score (nSPS) is 18.0. The van der Waals surface area contributed by atoms with Gasteiger partial charge in [-0.1, -0.05) is 29.8 Å². The Morgan fingerprint density at radius 2 is 2.05 bits per heavy atom. The second kappa shape index (κ2) is 6.37. The molecule has 1 aromatic carbocycles. The van der Waals surface area contributed by atoms with Crippen LogP contribution in [0, 0.1) is 0 Å². The van der Waals surface area contributed by atoms with E-state index in [4.69, 9.17) is 21.4 Å². The Hall–Kier alpha value is -1.10. The standard InChI is InChI=1S/C14H18ClNO3/c15-12-4-2-1-3-11(12)14(5-9-19-10-6-14)13(18)16-7-8-17/h1-4,17H,5-10H2,(H,16,18). The van der Waals surface area contributed by atoms with Gasteiger partial charge >= 0.3 is 0 Å². The number of hydrogen-bond donors (Lipinski definition) is 2. The van der Waals surface area contributed by atoms with E-state index in [0.717, 1.165) is 5.56 Å². The van der Waals surface area contributed by atoms with Crippen molar-refractivity contribution in [3.05, 3.63) is 34.9 Å². The summed E-state index contributed by atoms with van der Waals surface area (Å²) in [4.78, 5) is 12.5. The number of rotatable bonds is 4. The minimum absolute atomic E-state index is 0.0686. The molecule has 1 fully saturated rings. The molecule has 0 radical (unpaired) electrons. The highest BCUT2D eigenvalue weighted by molar-refractivity contribution is 6.31. The number of carbonyl (C=O) groups is 1. The fraction of sp³-hybridized carbons (Fsp3) is 0.500. The predicted octanol–water partition coefficient (Wildman–Crippen LogP) is 1.50. The first-order valence-electron chi connectivity index (χ1n) is 6.42. The molecule has 0 unspecified atom stereocenters. The van der Waals surface area contributed by atoms with Crippen molar-refractivity contribution in [1.29, 1.82) is 0 Å². The number of benzene rings is 1. The maximum atomic E-state index is 12.5. The van der Waals surface area contributed by atoms with E-state index in [1.807, 2.05) is 18.2 Å². The van der Waals surface area contributed by atoms with Gasteiger partial charge in [0.1, 0.15) is 0 Å². The van der Waals surface area contributed by atoms with Gasteiger partial charge in [-0.15, -0.1) is 0 Å². The molecule has 19 heavy (non-hydrogen) atoms. The Kier molecular flexibility index (Phi) is 4.80. The molecular formula is C14H18ClNO3. The highest BCUT2D eigenvalue weighted by atomic mass is 35.5. The van der Waals surface area contributed by atoms with E-state index in [2.05, 4.69) is 5.32 Å². The molecule has 1 aliphatic heterocycles. The lowest BCUT2D eigenvalue weighted by Crippen LogP contribution is -2.48. The minimum Gasteiger partial charge on any atom is -0.395 e. The maximum Gasteiger partial charge on any atom is 0.230 e. The number of nitrogens with one attached hydrogen (secondary N) is 1. The Labute approximate surface area is 117 Å². The number of halogens is 1. The molecule has 0 aliphatic carbocycles. The van der Waals surface area contributed by atoms with E-state index in [1.54, 1.807) is 6.07 Å². The Morgan fingerprint density at radius 1 is 1.37 bits per heavy atom. The van der Waals surface area contributed by atoms with Crippen LogP contribution >= 0.6 is 11.6 Å². The van der Waals surface area contributed by atoms with Crippen molar-refractivity contribution < 1.29 is 14.6 Å². The zero-order valence-electron chi connectivity index (χ0n) is 10.7. The minimum atomic E-state index is -0.647. The molecule has 1 aromatic rings. The van der Waals surface area contributed by atoms with Gasteiger partial charge in [-0.2, -0.15) is 0 Å². The molecule has 2 rings (SSSR count). The average molecular weight is 284 g/mol. The lowest BCUT2D eigenvalue weighted by atomic mass is 9.73. The van der Waals surface area contributed by atoms with Gasteiger partial charge in [-0.05, 0) is 24.5 Å². The van der Waals surface area contributed by atoms with Gasteiger partial charge in [0.2, 0.25) is 5.91 Å². The quantitative estimate of drug-likeness (QED) is 0.880. The number of hydrogen-bond acceptors (Lipinski definition) is 3. The van der Waals surface area contributed by atoms with Crippen LogP contribution in [-0.4, -0.2) is 37.4 Å². The highest BCUT2D eigenvalue weighted by Gasteiger charge is 2.42. The largest absolute Gasteiger partial charge is 0.395 e. The summed E-state index contributed by atoms with van der Waals surface area (Å²) >= 11 is 6.26. The van der Waals surface area contributed by atoms with Crippen LogP contribution in [0.1, 0.15) is 18.4 Å². The molecule has 0 bridgehead atoms. The van der Waals surface area contributed by atoms with Crippen molar-refractivity contribution in [3.63, 3.8) is 0 Å². The van der Waals surface area contributed by atoms with Crippen molar-refractivity contribution in [2.45, 2.75) is 18.3 Å². The smallest absolute Gasteiger partial charge is 0.230 e. The van der Waals surface area contributed by atoms with E-state index in [0.29, 0.717) is 31.1 Å². The fourth-order valence-electron chi connectivity index (χ4n) is 2.53. The Morgan fingerprint density at radius 3 is 2.68 bits per heavy atom. The monoisotopic (exact) mass is 283 g/mol. The molecule has 0 saturated carbocycles.